The van der Waals surface area contributed by atoms with E-state index in [1.165, 1.54) is 13.8 Å². The second kappa shape index (κ2) is 9.05. The molecule has 29 heavy (non-hydrogen) atoms. The second-order valence-electron chi connectivity index (χ2n) is 6.46. The van der Waals surface area contributed by atoms with Crippen molar-refractivity contribution < 1.29 is 27.4 Å². The maximum Gasteiger partial charge on any atom is 0.416 e. The zero-order chi connectivity index (χ0) is 21.7. The van der Waals surface area contributed by atoms with Gasteiger partial charge in [-0.25, -0.2) is 0 Å². The van der Waals surface area contributed by atoms with Crippen molar-refractivity contribution >= 4 is 17.5 Å². The third-order valence-corrected chi connectivity index (χ3v) is 4.10. The van der Waals surface area contributed by atoms with Crippen LogP contribution in [-0.2, 0) is 11.0 Å². The van der Waals surface area contributed by atoms with Crippen LogP contribution < -0.4 is 14.8 Å². The molecule has 0 bridgehead atoms. The van der Waals surface area contributed by atoms with Crippen LogP contribution >= 0.6 is 11.6 Å². The van der Waals surface area contributed by atoms with Crippen molar-refractivity contribution in [2.24, 2.45) is 0 Å². The van der Waals surface area contributed by atoms with E-state index in [-0.39, 0.29) is 12.4 Å². The van der Waals surface area contributed by atoms with Crippen LogP contribution in [0, 0.1) is 11.3 Å². The number of ether oxygens (including phenoxy) is 2. The highest BCUT2D eigenvalue weighted by molar-refractivity contribution is 6.30. The molecular formula is C20H18ClF3N2O3. The van der Waals surface area contributed by atoms with Gasteiger partial charge in [0.1, 0.15) is 18.1 Å². The monoisotopic (exact) mass is 426 g/mol. The summed E-state index contributed by atoms with van der Waals surface area (Å²) in [6, 6.07) is 12.4. The SMILES string of the molecule is CC(Oc1ccc(Cl)cc1)C(=O)NC(C)(C#N)COc1ccc(C(F)(F)F)cc1. The molecule has 5 nitrogen and oxygen atoms in total. The van der Waals surface area contributed by atoms with E-state index in [0.717, 1.165) is 24.3 Å². The highest BCUT2D eigenvalue weighted by Gasteiger charge is 2.31. The lowest BCUT2D eigenvalue weighted by atomic mass is 10.1. The molecule has 2 rings (SSSR count). The van der Waals surface area contributed by atoms with Gasteiger partial charge in [0.15, 0.2) is 11.6 Å². The highest BCUT2D eigenvalue weighted by Crippen LogP contribution is 2.30. The molecule has 0 fully saturated rings. The predicted octanol–water partition coefficient (Wildman–Crippen LogP) is 4.60. The van der Waals surface area contributed by atoms with Gasteiger partial charge >= 0.3 is 6.18 Å². The number of rotatable bonds is 7. The normalized spacial score (nSPS) is 14.2. The molecule has 0 spiro atoms. The Morgan fingerprint density at radius 2 is 1.69 bits per heavy atom. The molecule has 2 aromatic carbocycles. The van der Waals surface area contributed by atoms with Crippen LogP contribution in [0.1, 0.15) is 19.4 Å². The number of carbonyl (C=O) groups is 1. The van der Waals surface area contributed by atoms with Crippen molar-refractivity contribution in [1.82, 2.24) is 5.32 Å². The van der Waals surface area contributed by atoms with Crippen molar-refractivity contribution in [3.8, 4) is 17.6 Å². The third-order valence-electron chi connectivity index (χ3n) is 3.85. The zero-order valence-corrected chi connectivity index (χ0v) is 16.3. The van der Waals surface area contributed by atoms with Crippen LogP contribution in [0.2, 0.25) is 5.02 Å². The summed E-state index contributed by atoms with van der Waals surface area (Å²) < 4.78 is 48.7. The Morgan fingerprint density at radius 1 is 1.14 bits per heavy atom. The molecule has 0 aliphatic rings. The lowest BCUT2D eigenvalue weighted by molar-refractivity contribution is -0.137. The summed E-state index contributed by atoms with van der Waals surface area (Å²) in [6.07, 6.45) is -5.36. The number of alkyl halides is 3. The summed E-state index contributed by atoms with van der Waals surface area (Å²) in [6.45, 7) is 2.68. The van der Waals surface area contributed by atoms with Crippen LogP contribution in [0.3, 0.4) is 0 Å². The first-order chi connectivity index (χ1) is 13.5. The standard InChI is InChI=1S/C20H18ClF3N2O3/c1-13(29-17-9-5-15(21)6-10-17)18(27)26-19(2,11-25)12-28-16-7-3-14(4-8-16)20(22,23)24/h3-10,13H,12H2,1-2H3,(H,26,27). The number of nitriles is 1. The number of carbonyl (C=O) groups excluding carboxylic acids is 1. The molecule has 0 radical (unpaired) electrons. The Hall–Kier alpha value is -2.92. The van der Waals surface area contributed by atoms with E-state index in [4.69, 9.17) is 21.1 Å². The average molecular weight is 427 g/mol. The van der Waals surface area contributed by atoms with Crippen molar-refractivity contribution in [2.45, 2.75) is 31.7 Å². The Kier molecular flexibility index (Phi) is 6.98. The Labute approximate surface area is 171 Å². The number of nitrogens with one attached hydrogen (secondary N) is 1. The summed E-state index contributed by atoms with van der Waals surface area (Å²) in [5, 5.41) is 12.5. The topological polar surface area (TPSA) is 71.3 Å². The Bertz CT molecular complexity index is 880. The highest BCUT2D eigenvalue weighted by atomic mass is 35.5. The number of hydrogen-bond acceptors (Lipinski definition) is 4. The number of halogens is 4. The first kappa shape index (κ1) is 22.4. The van der Waals surface area contributed by atoms with Crippen LogP contribution in [0.15, 0.2) is 48.5 Å². The van der Waals surface area contributed by atoms with Crippen LogP contribution in [0.25, 0.3) is 0 Å². The molecule has 0 saturated carbocycles. The Balaban J connectivity index is 1.95. The summed E-state index contributed by atoms with van der Waals surface area (Å²) in [4.78, 5) is 12.4. The maximum atomic E-state index is 12.6. The smallest absolute Gasteiger partial charge is 0.416 e. The number of amides is 1. The number of nitrogens with zero attached hydrogens (tertiary/aromatic N) is 1. The van der Waals surface area contributed by atoms with E-state index >= 15 is 0 Å². The third kappa shape index (κ3) is 6.57. The van der Waals surface area contributed by atoms with E-state index in [2.05, 4.69) is 5.32 Å². The molecule has 154 valence electrons. The van der Waals surface area contributed by atoms with Gasteiger partial charge in [0, 0.05) is 5.02 Å². The van der Waals surface area contributed by atoms with E-state index < -0.39 is 29.3 Å². The molecule has 0 aromatic heterocycles. The van der Waals surface area contributed by atoms with E-state index in [1.807, 2.05) is 6.07 Å². The van der Waals surface area contributed by atoms with E-state index in [0.29, 0.717) is 10.8 Å². The second-order valence-corrected chi connectivity index (χ2v) is 6.89. The van der Waals surface area contributed by atoms with Crippen molar-refractivity contribution in [2.75, 3.05) is 6.61 Å². The minimum Gasteiger partial charge on any atom is -0.490 e. The van der Waals surface area contributed by atoms with E-state index in [9.17, 15) is 23.2 Å². The molecule has 0 aliphatic carbocycles. The van der Waals surface area contributed by atoms with Crippen molar-refractivity contribution in [3.05, 3.63) is 59.1 Å². The van der Waals surface area contributed by atoms with Gasteiger partial charge < -0.3 is 14.8 Å². The van der Waals surface area contributed by atoms with Crippen LogP contribution in [-0.4, -0.2) is 24.2 Å². The Morgan fingerprint density at radius 3 is 2.21 bits per heavy atom. The fourth-order valence-electron chi connectivity index (χ4n) is 2.21. The van der Waals surface area contributed by atoms with Crippen molar-refractivity contribution in [1.29, 1.82) is 5.26 Å². The summed E-state index contributed by atoms with van der Waals surface area (Å²) in [7, 11) is 0. The largest absolute Gasteiger partial charge is 0.490 e. The zero-order valence-electron chi connectivity index (χ0n) is 15.6. The molecular weight excluding hydrogens is 409 g/mol. The molecule has 1 N–H and O–H groups in total. The summed E-state index contributed by atoms with van der Waals surface area (Å²) >= 11 is 5.79. The number of benzene rings is 2. The quantitative estimate of drug-likeness (QED) is 0.702. The van der Waals surface area contributed by atoms with E-state index in [1.54, 1.807) is 24.3 Å². The first-order valence-electron chi connectivity index (χ1n) is 8.48. The molecule has 2 atom stereocenters. The first-order valence-corrected chi connectivity index (χ1v) is 8.86. The van der Waals surface area contributed by atoms with Gasteiger partial charge in [0.2, 0.25) is 0 Å². The minimum atomic E-state index is -4.45. The van der Waals surface area contributed by atoms with Gasteiger partial charge in [-0.15, -0.1) is 0 Å². The molecule has 1 amide bonds. The molecule has 0 aliphatic heterocycles. The molecule has 9 heteroatoms. The maximum absolute atomic E-state index is 12.6. The van der Waals surface area contributed by atoms with Crippen LogP contribution in [0.4, 0.5) is 13.2 Å². The molecule has 2 unspecified atom stereocenters. The summed E-state index contributed by atoms with van der Waals surface area (Å²) in [5.74, 6) is 0.0101. The molecule has 2 aromatic rings. The van der Waals surface area contributed by atoms with Crippen LogP contribution in [0.5, 0.6) is 11.5 Å². The van der Waals surface area contributed by atoms with Gasteiger partial charge in [0.25, 0.3) is 5.91 Å². The minimum absolute atomic E-state index is 0.138. The summed E-state index contributed by atoms with van der Waals surface area (Å²) in [5.41, 5.74) is -2.23. The van der Waals surface area contributed by atoms with Gasteiger partial charge in [0.05, 0.1) is 11.6 Å². The molecule has 0 heterocycles. The number of hydrogen-bond donors (Lipinski definition) is 1. The average Bonchev–Trinajstić information content (AvgIpc) is 2.67. The van der Waals surface area contributed by atoms with Gasteiger partial charge in [-0.2, -0.15) is 18.4 Å². The van der Waals surface area contributed by atoms with Crippen molar-refractivity contribution in [3.63, 3.8) is 0 Å². The fraction of sp³-hybridized carbons (Fsp3) is 0.300. The van der Waals surface area contributed by atoms with Gasteiger partial charge in [-0.05, 0) is 62.4 Å². The predicted molar refractivity (Wildman–Crippen MR) is 101 cm³/mol. The van der Waals surface area contributed by atoms with Gasteiger partial charge in [-0.1, -0.05) is 11.6 Å². The molecule has 0 saturated heterocycles. The van der Waals surface area contributed by atoms with Gasteiger partial charge in [-0.3, -0.25) is 4.79 Å². The fourth-order valence-corrected chi connectivity index (χ4v) is 2.33. The lowest BCUT2D eigenvalue weighted by Crippen LogP contribution is -2.52. The lowest BCUT2D eigenvalue weighted by Gasteiger charge is -2.25.